The molecule has 132 valence electrons. The van der Waals surface area contributed by atoms with Crippen molar-refractivity contribution in [3.05, 3.63) is 34.4 Å². The van der Waals surface area contributed by atoms with Gasteiger partial charge in [0.1, 0.15) is 12.1 Å². The van der Waals surface area contributed by atoms with Gasteiger partial charge in [-0.1, -0.05) is 0 Å². The fourth-order valence-electron chi connectivity index (χ4n) is 1.76. The number of nitro benzene ring substituents is 1. The second kappa shape index (κ2) is 8.34. The van der Waals surface area contributed by atoms with Crippen molar-refractivity contribution in [3.63, 3.8) is 0 Å². The Morgan fingerprint density at radius 2 is 1.67 bits per heavy atom. The molecule has 0 heterocycles. The van der Waals surface area contributed by atoms with Crippen molar-refractivity contribution in [1.82, 2.24) is 5.32 Å². The molecule has 1 aromatic rings. The third-order valence-electron chi connectivity index (χ3n) is 3.23. The number of carbonyl (C=O) groups is 2. The lowest BCUT2D eigenvalue weighted by Crippen LogP contribution is -2.56. The zero-order valence-electron chi connectivity index (χ0n) is 13.2. The van der Waals surface area contributed by atoms with Crippen LogP contribution in [0, 0.1) is 10.1 Å². The smallest absolute Gasteiger partial charge is 0.269 e. The number of benzene rings is 1. The first kappa shape index (κ1) is 19.5. The van der Waals surface area contributed by atoms with Gasteiger partial charge in [-0.2, -0.15) is 0 Å². The Morgan fingerprint density at radius 3 is 2.08 bits per heavy atom. The van der Waals surface area contributed by atoms with Crippen molar-refractivity contribution in [1.29, 1.82) is 0 Å². The molecule has 10 nitrogen and oxygen atoms in total. The quantitative estimate of drug-likeness (QED) is 0.317. The molecular weight excluding hydrogens is 320 g/mol. The molecule has 0 saturated heterocycles. The number of nitrogens with one attached hydrogen (secondary N) is 2. The second-order valence-corrected chi connectivity index (χ2v) is 5.29. The number of nitrogens with two attached hydrogens (primary N) is 1. The van der Waals surface area contributed by atoms with Crippen LogP contribution in [0.2, 0.25) is 0 Å². The zero-order chi connectivity index (χ0) is 18.4. The van der Waals surface area contributed by atoms with Crippen LogP contribution in [0.4, 0.5) is 11.4 Å². The minimum atomic E-state index is -1.31. The molecule has 0 aliphatic rings. The number of non-ortho nitro benzene ring substituents is 1. The maximum atomic E-state index is 12.2. The summed E-state index contributed by atoms with van der Waals surface area (Å²) in [4.78, 5) is 34.0. The van der Waals surface area contributed by atoms with E-state index >= 15 is 0 Å². The largest absolute Gasteiger partial charge is 0.391 e. The summed E-state index contributed by atoms with van der Waals surface area (Å²) in [6, 6.07) is 2.48. The maximum absolute atomic E-state index is 12.2. The number of carbonyl (C=O) groups excluding carboxylic acids is 2. The van der Waals surface area contributed by atoms with Gasteiger partial charge < -0.3 is 26.6 Å². The van der Waals surface area contributed by atoms with Gasteiger partial charge in [0.15, 0.2) is 0 Å². The van der Waals surface area contributed by atoms with Crippen molar-refractivity contribution in [2.45, 2.75) is 38.1 Å². The van der Waals surface area contributed by atoms with Crippen LogP contribution in [0.3, 0.4) is 0 Å². The Kier molecular flexibility index (Phi) is 6.77. The lowest BCUT2D eigenvalue weighted by molar-refractivity contribution is -0.384. The summed E-state index contributed by atoms with van der Waals surface area (Å²) < 4.78 is 0. The first-order chi connectivity index (χ1) is 11.1. The number of hydrogen-bond acceptors (Lipinski definition) is 7. The molecule has 4 atom stereocenters. The Hall–Kier alpha value is -2.56. The number of hydrogen-bond donors (Lipinski definition) is 5. The highest BCUT2D eigenvalue weighted by molar-refractivity contribution is 5.98. The van der Waals surface area contributed by atoms with Crippen molar-refractivity contribution >= 4 is 23.2 Å². The van der Waals surface area contributed by atoms with Crippen LogP contribution in [-0.2, 0) is 9.59 Å². The molecule has 0 aliphatic heterocycles. The predicted octanol–water partition coefficient (Wildman–Crippen LogP) is -0.893. The SMILES string of the molecule is CC(O)[C@H](N)C(=O)N[C@H](C(=O)Nc1ccc([N+](=O)[O-])cc1)C(C)O. The summed E-state index contributed by atoms with van der Waals surface area (Å²) in [5.74, 6) is -1.53. The second-order valence-electron chi connectivity index (χ2n) is 5.29. The van der Waals surface area contributed by atoms with E-state index < -0.39 is 41.0 Å². The monoisotopic (exact) mass is 340 g/mol. The van der Waals surface area contributed by atoms with Crippen LogP contribution in [0.25, 0.3) is 0 Å². The van der Waals surface area contributed by atoms with E-state index in [2.05, 4.69) is 10.6 Å². The average molecular weight is 340 g/mol. The van der Waals surface area contributed by atoms with E-state index in [1.54, 1.807) is 0 Å². The van der Waals surface area contributed by atoms with Crippen molar-refractivity contribution < 1.29 is 24.7 Å². The summed E-state index contributed by atoms with van der Waals surface area (Å²) in [7, 11) is 0. The Balaban J connectivity index is 2.80. The average Bonchev–Trinajstić information content (AvgIpc) is 2.51. The third kappa shape index (κ3) is 5.26. The molecular formula is C14H20N4O6. The summed E-state index contributed by atoms with van der Waals surface area (Å²) >= 11 is 0. The van der Waals surface area contributed by atoms with Gasteiger partial charge in [-0.15, -0.1) is 0 Å². The minimum Gasteiger partial charge on any atom is -0.391 e. The summed E-state index contributed by atoms with van der Waals surface area (Å²) in [5, 5.41) is 34.2. The number of amides is 2. The molecule has 0 bridgehead atoms. The van der Waals surface area contributed by atoms with E-state index in [9.17, 15) is 29.9 Å². The molecule has 0 fully saturated rings. The number of nitro groups is 1. The van der Waals surface area contributed by atoms with Crippen LogP contribution < -0.4 is 16.4 Å². The molecule has 24 heavy (non-hydrogen) atoms. The highest BCUT2D eigenvalue weighted by Gasteiger charge is 2.29. The van der Waals surface area contributed by atoms with E-state index in [-0.39, 0.29) is 11.4 Å². The molecule has 2 amide bonds. The lowest BCUT2D eigenvalue weighted by atomic mass is 10.1. The maximum Gasteiger partial charge on any atom is 0.269 e. The normalized spacial score (nSPS) is 15.7. The number of rotatable bonds is 7. The van der Waals surface area contributed by atoms with E-state index in [4.69, 9.17) is 5.73 Å². The van der Waals surface area contributed by atoms with Gasteiger partial charge in [0.05, 0.1) is 17.1 Å². The van der Waals surface area contributed by atoms with E-state index in [1.807, 2.05) is 0 Å². The molecule has 0 radical (unpaired) electrons. The summed E-state index contributed by atoms with van der Waals surface area (Å²) in [6.45, 7) is 2.62. The number of nitrogens with zero attached hydrogens (tertiary/aromatic N) is 1. The first-order valence-corrected chi connectivity index (χ1v) is 7.11. The molecule has 10 heteroatoms. The zero-order valence-corrected chi connectivity index (χ0v) is 13.2. The topological polar surface area (TPSA) is 168 Å². The van der Waals surface area contributed by atoms with Gasteiger partial charge in [-0.05, 0) is 26.0 Å². The van der Waals surface area contributed by atoms with Gasteiger partial charge in [0.25, 0.3) is 5.69 Å². The van der Waals surface area contributed by atoms with Crippen molar-refractivity contribution in [2.75, 3.05) is 5.32 Å². The van der Waals surface area contributed by atoms with Gasteiger partial charge >= 0.3 is 0 Å². The van der Waals surface area contributed by atoms with Crippen LogP contribution in [0.5, 0.6) is 0 Å². The van der Waals surface area contributed by atoms with Crippen LogP contribution in [0.15, 0.2) is 24.3 Å². The van der Waals surface area contributed by atoms with E-state index in [0.29, 0.717) is 0 Å². The molecule has 0 aromatic heterocycles. The third-order valence-corrected chi connectivity index (χ3v) is 3.23. The predicted molar refractivity (Wildman–Crippen MR) is 85.0 cm³/mol. The Labute approximate surface area is 137 Å². The summed E-state index contributed by atoms with van der Waals surface area (Å²) in [6.07, 6.45) is -2.36. The number of aliphatic hydroxyl groups is 2. The minimum absolute atomic E-state index is 0.142. The first-order valence-electron chi connectivity index (χ1n) is 7.11. The Bertz CT molecular complexity index is 602. The van der Waals surface area contributed by atoms with E-state index in [0.717, 1.165) is 0 Å². The highest BCUT2D eigenvalue weighted by atomic mass is 16.6. The molecule has 6 N–H and O–H groups in total. The standard InChI is InChI=1S/C14H20N4O6/c1-7(19)11(15)13(21)17-12(8(2)20)14(22)16-9-3-5-10(6-4-9)18(23)24/h3-8,11-12,19-20H,15H2,1-2H3,(H,16,22)(H,17,21)/t7?,8?,11-,12-/m0/s1. The Morgan fingerprint density at radius 1 is 1.12 bits per heavy atom. The summed E-state index contributed by atoms with van der Waals surface area (Å²) in [5.41, 5.74) is 5.58. The molecule has 1 aromatic carbocycles. The van der Waals surface area contributed by atoms with Crippen LogP contribution in [0.1, 0.15) is 13.8 Å². The molecule has 0 aliphatic carbocycles. The van der Waals surface area contributed by atoms with Gasteiger partial charge in [-0.3, -0.25) is 19.7 Å². The van der Waals surface area contributed by atoms with Crippen molar-refractivity contribution in [2.24, 2.45) is 5.73 Å². The molecule has 0 spiro atoms. The van der Waals surface area contributed by atoms with Gasteiger partial charge in [0.2, 0.25) is 11.8 Å². The molecule has 2 unspecified atom stereocenters. The molecule has 0 saturated carbocycles. The lowest BCUT2D eigenvalue weighted by Gasteiger charge is -2.23. The molecule has 1 rings (SSSR count). The number of aliphatic hydroxyl groups excluding tert-OH is 2. The number of anilines is 1. The fourth-order valence-corrected chi connectivity index (χ4v) is 1.76. The van der Waals surface area contributed by atoms with Crippen LogP contribution >= 0.6 is 0 Å². The van der Waals surface area contributed by atoms with Gasteiger partial charge in [-0.25, -0.2) is 0 Å². The van der Waals surface area contributed by atoms with E-state index in [1.165, 1.54) is 38.1 Å². The van der Waals surface area contributed by atoms with Crippen molar-refractivity contribution in [3.8, 4) is 0 Å². The fraction of sp³-hybridized carbons (Fsp3) is 0.429. The van der Waals surface area contributed by atoms with Crippen LogP contribution in [-0.4, -0.2) is 51.2 Å². The van der Waals surface area contributed by atoms with Gasteiger partial charge in [0, 0.05) is 17.8 Å². The highest BCUT2D eigenvalue weighted by Crippen LogP contribution is 2.15.